The molecular weight excluding hydrogens is 538 g/mol. The molecule has 0 aliphatic carbocycles. The van der Waals surface area contributed by atoms with Crippen molar-refractivity contribution in [3.8, 4) is 39.9 Å². The lowest BCUT2D eigenvalue weighted by Crippen LogP contribution is -2.01. The van der Waals surface area contributed by atoms with E-state index in [1.165, 1.54) is 32.4 Å². The second-order valence-electron chi connectivity index (χ2n) is 11.0. The van der Waals surface area contributed by atoms with Crippen molar-refractivity contribution in [2.75, 3.05) is 0 Å². The van der Waals surface area contributed by atoms with Crippen LogP contribution in [0.3, 0.4) is 0 Å². The van der Waals surface area contributed by atoms with Crippen LogP contribution in [0.2, 0.25) is 0 Å². The molecule has 6 aromatic carbocycles. The van der Waals surface area contributed by atoms with Crippen LogP contribution in [0.15, 0.2) is 146 Å². The molecule has 9 rings (SSSR count). The van der Waals surface area contributed by atoms with E-state index in [1.54, 1.807) is 0 Å². The largest absolute Gasteiger partial charge is 0.354 e. The molecule has 44 heavy (non-hydrogen) atoms. The minimum atomic E-state index is 0.640. The van der Waals surface area contributed by atoms with Gasteiger partial charge in [-0.2, -0.15) is 0 Å². The van der Waals surface area contributed by atoms with E-state index in [0.29, 0.717) is 17.5 Å². The van der Waals surface area contributed by atoms with Gasteiger partial charge in [0.05, 0.1) is 5.52 Å². The Balaban J connectivity index is 1.23. The number of aromatic amines is 1. The van der Waals surface area contributed by atoms with Crippen molar-refractivity contribution in [3.63, 3.8) is 0 Å². The number of rotatable bonds is 4. The number of nitrogens with one attached hydrogen (secondary N) is 1. The number of hydrogen-bond acceptors (Lipinski definition) is 3. The quantitative estimate of drug-likeness (QED) is 0.232. The monoisotopic (exact) mass is 563 g/mol. The van der Waals surface area contributed by atoms with Gasteiger partial charge in [0.2, 0.25) is 0 Å². The average molecular weight is 564 g/mol. The van der Waals surface area contributed by atoms with E-state index >= 15 is 0 Å². The van der Waals surface area contributed by atoms with Gasteiger partial charge in [0.1, 0.15) is 0 Å². The summed E-state index contributed by atoms with van der Waals surface area (Å²) in [7, 11) is 0. The topological polar surface area (TPSA) is 59.4 Å². The van der Waals surface area contributed by atoms with Gasteiger partial charge in [-0.1, -0.05) is 109 Å². The summed E-state index contributed by atoms with van der Waals surface area (Å²) in [5.74, 6) is 1.95. The van der Waals surface area contributed by atoms with Gasteiger partial charge < -0.3 is 9.55 Å². The first-order valence-electron chi connectivity index (χ1n) is 14.7. The zero-order valence-electron chi connectivity index (χ0n) is 23.6. The maximum Gasteiger partial charge on any atom is 0.164 e. The van der Waals surface area contributed by atoms with Gasteiger partial charge in [-0.15, -0.1) is 0 Å². The van der Waals surface area contributed by atoms with Crippen molar-refractivity contribution in [1.82, 2.24) is 24.5 Å². The minimum absolute atomic E-state index is 0.640. The van der Waals surface area contributed by atoms with E-state index in [2.05, 4.69) is 94.6 Å². The van der Waals surface area contributed by atoms with Crippen LogP contribution in [-0.4, -0.2) is 24.5 Å². The third-order valence-corrected chi connectivity index (χ3v) is 8.40. The Kier molecular flexibility index (Phi) is 5.43. The second-order valence-corrected chi connectivity index (χ2v) is 11.0. The first-order valence-corrected chi connectivity index (χ1v) is 14.7. The Hall–Kier alpha value is -6.07. The number of nitrogens with zero attached hydrogens (tertiary/aromatic N) is 4. The van der Waals surface area contributed by atoms with Gasteiger partial charge in [-0.05, 0) is 35.7 Å². The van der Waals surface area contributed by atoms with E-state index in [0.717, 1.165) is 33.4 Å². The normalized spacial score (nSPS) is 11.6. The molecule has 0 radical (unpaired) electrons. The molecule has 0 atom stereocenters. The summed E-state index contributed by atoms with van der Waals surface area (Å²) in [5, 5.41) is 6.15. The van der Waals surface area contributed by atoms with Gasteiger partial charge in [-0.25, -0.2) is 15.0 Å². The van der Waals surface area contributed by atoms with Crippen LogP contribution in [0.1, 0.15) is 0 Å². The molecule has 0 saturated heterocycles. The lowest BCUT2D eigenvalue weighted by molar-refractivity contribution is 1.07. The molecule has 0 unspecified atom stereocenters. The summed E-state index contributed by atoms with van der Waals surface area (Å²) in [6, 6.07) is 48.2. The minimum Gasteiger partial charge on any atom is -0.354 e. The van der Waals surface area contributed by atoms with Crippen molar-refractivity contribution >= 4 is 43.5 Å². The highest BCUT2D eigenvalue weighted by Crippen LogP contribution is 2.37. The molecule has 206 valence electrons. The molecule has 1 N–H and O–H groups in total. The molecule has 5 heteroatoms. The average Bonchev–Trinajstić information content (AvgIpc) is 3.71. The fourth-order valence-corrected chi connectivity index (χ4v) is 6.34. The predicted octanol–water partition coefficient (Wildman–Crippen LogP) is 9.60. The molecule has 0 spiro atoms. The van der Waals surface area contributed by atoms with Gasteiger partial charge >= 0.3 is 0 Å². The zero-order chi connectivity index (χ0) is 29.0. The molecule has 3 aromatic heterocycles. The van der Waals surface area contributed by atoms with Crippen molar-refractivity contribution in [2.24, 2.45) is 0 Å². The van der Waals surface area contributed by atoms with Crippen molar-refractivity contribution < 1.29 is 0 Å². The Morgan fingerprint density at radius 1 is 0.455 bits per heavy atom. The van der Waals surface area contributed by atoms with Crippen LogP contribution in [0.5, 0.6) is 0 Å². The molecule has 0 bridgehead atoms. The maximum atomic E-state index is 4.96. The number of benzene rings is 6. The maximum absolute atomic E-state index is 4.96. The summed E-state index contributed by atoms with van der Waals surface area (Å²) in [6.07, 6.45) is 2.15. The second kappa shape index (κ2) is 9.75. The van der Waals surface area contributed by atoms with Crippen LogP contribution < -0.4 is 0 Å². The van der Waals surface area contributed by atoms with Crippen LogP contribution in [-0.2, 0) is 0 Å². The first kappa shape index (κ1) is 24.5. The van der Waals surface area contributed by atoms with Gasteiger partial charge in [0.15, 0.2) is 17.5 Å². The molecule has 0 aliphatic heterocycles. The number of fused-ring (bicyclic) bond motifs is 7. The Morgan fingerprint density at radius 2 is 1.09 bits per heavy atom. The third-order valence-electron chi connectivity index (χ3n) is 8.40. The molecule has 0 fully saturated rings. The smallest absolute Gasteiger partial charge is 0.164 e. The Morgan fingerprint density at radius 3 is 1.84 bits per heavy atom. The summed E-state index contributed by atoms with van der Waals surface area (Å²) < 4.78 is 2.28. The van der Waals surface area contributed by atoms with Crippen LogP contribution >= 0.6 is 0 Å². The fourth-order valence-electron chi connectivity index (χ4n) is 6.34. The number of hydrogen-bond donors (Lipinski definition) is 1. The van der Waals surface area contributed by atoms with E-state index in [1.807, 2.05) is 60.7 Å². The van der Waals surface area contributed by atoms with Gasteiger partial charge in [0, 0.05) is 61.2 Å². The zero-order valence-corrected chi connectivity index (χ0v) is 23.6. The number of aromatic nitrogens is 5. The van der Waals surface area contributed by atoms with Gasteiger partial charge in [0.25, 0.3) is 0 Å². The lowest BCUT2D eigenvalue weighted by Gasteiger charge is -2.12. The van der Waals surface area contributed by atoms with Crippen molar-refractivity contribution in [1.29, 1.82) is 0 Å². The van der Waals surface area contributed by atoms with E-state index in [-0.39, 0.29) is 0 Å². The lowest BCUT2D eigenvalue weighted by atomic mass is 10.0. The highest BCUT2D eigenvalue weighted by atomic mass is 15.0. The molecule has 5 nitrogen and oxygen atoms in total. The highest BCUT2D eigenvalue weighted by Gasteiger charge is 2.15. The van der Waals surface area contributed by atoms with Crippen molar-refractivity contribution in [3.05, 3.63) is 146 Å². The molecule has 9 aromatic rings. The van der Waals surface area contributed by atoms with E-state index in [9.17, 15) is 0 Å². The van der Waals surface area contributed by atoms with Crippen LogP contribution in [0.4, 0.5) is 0 Å². The number of para-hydroxylation sites is 1. The molecule has 3 heterocycles. The van der Waals surface area contributed by atoms with E-state index in [4.69, 9.17) is 15.0 Å². The number of H-pyrrole nitrogens is 1. The predicted molar refractivity (Wildman–Crippen MR) is 180 cm³/mol. The highest BCUT2D eigenvalue weighted by molar-refractivity contribution is 6.24. The standard InChI is InChI=1S/C39H25N5/c1-3-10-26(11-4-1)37-41-38(27-12-5-2-6-13-27)43-39(42-37)28-14-9-15-29(24-28)44-23-22-25-18-19-30-31(36(25)44)20-21-34-35(30)32-16-7-8-17-33(32)40-34/h1-24,40H. The van der Waals surface area contributed by atoms with Crippen LogP contribution in [0.25, 0.3) is 83.3 Å². The Labute approximate surface area is 253 Å². The SMILES string of the molecule is c1ccc(-c2nc(-c3ccccc3)nc(-c3cccc(-n4ccc5ccc6c(ccc7[nH]c8ccccc8c76)c54)c3)n2)cc1. The molecular formula is C39H25N5. The first-order chi connectivity index (χ1) is 21.8. The third kappa shape index (κ3) is 3.91. The van der Waals surface area contributed by atoms with Gasteiger partial charge in [-0.3, -0.25) is 0 Å². The molecule has 0 aliphatic rings. The molecule has 0 saturated carbocycles. The fraction of sp³-hybridized carbons (Fsp3) is 0. The van der Waals surface area contributed by atoms with Crippen molar-refractivity contribution in [2.45, 2.75) is 0 Å². The summed E-state index contributed by atoms with van der Waals surface area (Å²) in [4.78, 5) is 18.4. The van der Waals surface area contributed by atoms with Crippen LogP contribution in [0, 0.1) is 0 Å². The summed E-state index contributed by atoms with van der Waals surface area (Å²) in [5.41, 5.74) is 7.37. The summed E-state index contributed by atoms with van der Waals surface area (Å²) in [6.45, 7) is 0. The molecule has 0 amide bonds. The Bertz CT molecular complexity index is 2430. The van der Waals surface area contributed by atoms with E-state index < -0.39 is 0 Å². The summed E-state index contributed by atoms with van der Waals surface area (Å²) >= 11 is 0.